The molecule has 4 heteroatoms. The van der Waals surface area contributed by atoms with E-state index in [0.29, 0.717) is 6.42 Å². The van der Waals surface area contributed by atoms with E-state index in [1.54, 1.807) is 0 Å². The molecule has 0 fully saturated rings. The minimum atomic E-state index is -0.474. The van der Waals surface area contributed by atoms with Crippen molar-refractivity contribution in [3.05, 3.63) is 29.0 Å². The van der Waals surface area contributed by atoms with Crippen LogP contribution in [-0.2, 0) is 4.79 Å². The van der Waals surface area contributed by atoms with E-state index >= 15 is 0 Å². The maximum absolute atomic E-state index is 12.8. The lowest BCUT2D eigenvalue weighted by Gasteiger charge is -2.05. The summed E-state index contributed by atoms with van der Waals surface area (Å²) in [6.45, 7) is 1.97. The molecule has 2 nitrogen and oxygen atoms in total. The second-order valence-electron chi connectivity index (χ2n) is 3.15. The molecule has 0 aliphatic heterocycles. The van der Waals surface area contributed by atoms with E-state index in [1.165, 1.54) is 12.1 Å². The SMILES string of the molecule is CCCCC(=O)Oc1cc(F)ccc1Cl. The fourth-order valence-corrected chi connectivity index (χ4v) is 1.21. The Hall–Kier alpha value is -1.09. The highest BCUT2D eigenvalue weighted by Crippen LogP contribution is 2.25. The molecule has 1 aromatic rings. The van der Waals surface area contributed by atoms with Gasteiger partial charge in [0.25, 0.3) is 0 Å². The standard InChI is InChI=1S/C11H12ClFO2/c1-2-3-4-11(14)15-10-7-8(13)5-6-9(10)12/h5-7H,2-4H2,1H3. The summed E-state index contributed by atoms with van der Waals surface area (Å²) >= 11 is 5.73. The van der Waals surface area contributed by atoms with Crippen LogP contribution in [0.5, 0.6) is 5.75 Å². The van der Waals surface area contributed by atoms with Crippen LogP contribution in [0.25, 0.3) is 0 Å². The zero-order chi connectivity index (χ0) is 11.3. The monoisotopic (exact) mass is 230 g/mol. The van der Waals surface area contributed by atoms with Crippen LogP contribution in [0.15, 0.2) is 18.2 Å². The lowest BCUT2D eigenvalue weighted by Crippen LogP contribution is -2.07. The molecule has 1 aromatic carbocycles. The molecule has 0 N–H and O–H groups in total. The Balaban J connectivity index is 2.63. The molecule has 1 rings (SSSR count). The lowest BCUT2D eigenvalue weighted by atomic mass is 10.2. The second-order valence-corrected chi connectivity index (χ2v) is 3.56. The Morgan fingerprint density at radius 3 is 2.93 bits per heavy atom. The molecule has 82 valence electrons. The van der Waals surface area contributed by atoms with E-state index < -0.39 is 5.82 Å². The molecule has 0 unspecified atom stereocenters. The molecule has 0 saturated heterocycles. The first-order valence-corrected chi connectivity index (χ1v) is 5.17. The van der Waals surface area contributed by atoms with Gasteiger partial charge in [-0.1, -0.05) is 24.9 Å². The Kier molecular flexibility index (Phi) is 4.56. The van der Waals surface area contributed by atoms with Gasteiger partial charge in [-0.05, 0) is 18.6 Å². The predicted octanol–water partition coefficient (Wildman–Crippen LogP) is 3.57. The molecule has 0 radical (unpaired) electrons. The van der Waals surface area contributed by atoms with Crippen molar-refractivity contribution in [2.24, 2.45) is 0 Å². The largest absolute Gasteiger partial charge is 0.425 e. The Bertz CT molecular complexity index is 352. The van der Waals surface area contributed by atoms with Crippen LogP contribution in [0, 0.1) is 5.82 Å². The molecule has 0 amide bonds. The molecule has 0 saturated carbocycles. The van der Waals surface area contributed by atoms with Gasteiger partial charge in [0, 0.05) is 12.5 Å². The quantitative estimate of drug-likeness (QED) is 0.584. The molecular weight excluding hydrogens is 219 g/mol. The van der Waals surface area contributed by atoms with Crippen LogP contribution < -0.4 is 4.74 Å². The number of unbranched alkanes of at least 4 members (excludes halogenated alkanes) is 1. The van der Waals surface area contributed by atoms with Gasteiger partial charge in [0.2, 0.25) is 0 Å². The summed E-state index contributed by atoms with van der Waals surface area (Å²) in [6, 6.07) is 3.68. The zero-order valence-electron chi connectivity index (χ0n) is 8.43. The maximum atomic E-state index is 12.8. The molecule has 0 aliphatic rings. The van der Waals surface area contributed by atoms with Crippen molar-refractivity contribution in [3.8, 4) is 5.75 Å². The van der Waals surface area contributed by atoms with Gasteiger partial charge in [0.1, 0.15) is 5.82 Å². The number of esters is 1. The van der Waals surface area contributed by atoms with E-state index in [1.807, 2.05) is 6.92 Å². The fourth-order valence-electron chi connectivity index (χ4n) is 1.05. The number of hydrogen-bond acceptors (Lipinski definition) is 2. The Morgan fingerprint density at radius 1 is 1.53 bits per heavy atom. The molecule has 0 spiro atoms. The summed E-state index contributed by atoms with van der Waals surface area (Å²) in [4.78, 5) is 11.2. The van der Waals surface area contributed by atoms with E-state index in [9.17, 15) is 9.18 Å². The Morgan fingerprint density at radius 2 is 2.27 bits per heavy atom. The maximum Gasteiger partial charge on any atom is 0.311 e. The van der Waals surface area contributed by atoms with Gasteiger partial charge in [0.05, 0.1) is 5.02 Å². The van der Waals surface area contributed by atoms with Gasteiger partial charge >= 0.3 is 5.97 Å². The predicted molar refractivity (Wildman–Crippen MR) is 56.6 cm³/mol. The number of carbonyl (C=O) groups is 1. The summed E-state index contributed by atoms with van der Waals surface area (Å²) in [5, 5.41) is 0.237. The highest BCUT2D eigenvalue weighted by atomic mass is 35.5. The average molecular weight is 231 g/mol. The van der Waals surface area contributed by atoms with Gasteiger partial charge in [-0.2, -0.15) is 0 Å². The van der Waals surface area contributed by atoms with Crippen molar-refractivity contribution in [2.45, 2.75) is 26.2 Å². The van der Waals surface area contributed by atoms with Crippen molar-refractivity contribution in [3.63, 3.8) is 0 Å². The highest BCUT2D eigenvalue weighted by Gasteiger charge is 2.08. The smallest absolute Gasteiger partial charge is 0.311 e. The molecule has 15 heavy (non-hydrogen) atoms. The normalized spacial score (nSPS) is 10.1. The zero-order valence-corrected chi connectivity index (χ0v) is 9.18. The van der Waals surface area contributed by atoms with Crippen LogP contribution in [0.4, 0.5) is 4.39 Å². The average Bonchev–Trinajstić information content (AvgIpc) is 2.20. The van der Waals surface area contributed by atoms with Gasteiger partial charge in [-0.25, -0.2) is 4.39 Å². The first-order valence-electron chi connectivity index (χ1n) is 4.79. The van der Waals surface area contributed by atoms with Gasteiger partial charge < -0.3 is 4.74 Å². The summed E-state index contributed by atoms with van der Waals surface area (Å²) in [5.74, 6) is -0.778. The number of carbonyl (C=O) groups excluding carboxylic acids is 1. The number of benzene rings is 1. The van der Waals surface area contributed by atoms with Crippen molar-refractivity contribution in [1.82, 2.24) is 0 Å². The summed E-state index contributed by atoms with van der Waals surface area (Å²) in [5.41, 5.74) is 0. The van der Waals surface area contributed by atoms with Crippen molar-refractivity contribution >= 4 is 17.6 Å². The molecule has 0 aromatic heterocycles. The van der Waals surface area contributed by atoms with Gasteiger partial charge in [0.15, 0.2) is 5.75 Å². The third-order valence-corrected chi connectivity index (χ3v) is 2.16. The van der Waals surface area contributed by atoms with E-state index in [4.69, 9.17) is 16.3 Å². The van der Waals surface area contributed by atoms with Crippen molar-refractivity contribution in [2.75, 3.05) is 0 Å². The second kappa shape index (κ2) is 5.71. The minimum Gasteiger partial charge on any atom is -0.425 e. The number of hydrogen-bond donors (Lipinski definition) is 0. The molecular formula is C11H12ClFO2. The fraction of sp³-hybridized carbons (Fsp3) is 0.364. The van der Waals surface area contributed by atoms with Crippen LogP contribution >= 0.6 is 11.6 Å². The molecule has 0 bridgehead atoms. The molecule has 0 atom stereocenters. The number of ether oxygens (including phenoxy) is 1. The first-order chi connectivity index (χ1) is 7.13. The van der Waals surface area contributed by atoms with E-state index in [2.05, 4.69) is 0 Å². The van der Waals surface area contributed by atoms with Crippen LogP contribution in [0.3, 0.4) is 0 Å². The summed E-state index contributed by atoms with van der Waals surface area (Å²) in [7, 11) is 0. The van der Waals surface area contributed by atoms with Gasteiger partial charge in [-0.15, -0.1) is 0 Å². The Labute approximate surface area is 93.0 Å². The van der Waals surface area contributed by atoms with Crippen LogP contribution in [0.2, 0.25) is 5.02 Å². The third-order valence-electron chi connectivity index (χ3n) is 1.85. The third kappa shape index (κ3) is 3.88. The lowest BCUT2D eigenvalue weighted by molar-refractivity contribution is -0.134. The topological polar surface area (TPSA) is 26.3 Å². The van der Waals surface area contributed by atoms with Crippen LogP contribution in [-0.4, -0.2) is 5.97 Å². The summed E-state index contributed by atoms with van der Waals surface area (Å²) in [6.07, 6.45) is 1.99. The van der Waals surface area contributed by atoms with E-state index in [0.717, 1.165) is 18.9 Å². The first kappa shape index (κ1) is 12.0. The van der Waals surface area contributed by atoms with Crippen molar-refractivity contribution < 1.29 is 13.9 Å². The molecule has 0 aliphatic carbocycles. The molecule has 0 heterocycles. The number of rotatable bonds is 4. The number of halogens is 2. The van der Waals surface area contributed by atoms with Crippen LogP contribution in [0.1, 0.15) is 26.2 Å². The minimum absolute atomic E-state index is 0.0813. The van der Waals surface area contributed by atoms with Gasteiger partial charge in [-0.3, -0.25) is 4.79 Å². The van der Waals surface area contributed by atoms with E-state index in [-0.39, 0.29) is 16.7 Å². The summed E-state index contributed by atoms with van der Waals surface area (Å²) < 4.78 is 17.7. The van der Waals surface area contributed by atoms with Crippen molar-refractivity contribution in [1.29, 1.82) is 0 Å². The highest BCUT2D eigenvalue weighted by molar-refractivity contribution is 6.32.